The number of nitrogens with zero attached hydrogens (tertiary/aromatic N) is 4. The van der Waals surface area contributed by atoms with Gasteiger partial charge < -0.3 is 29.9 Å². The van der Waals surface area contributed by atoms with Gasteiger partial charge in [-0.05, 0) is 33.1 Å². The van der Waals surface area contributed by atoms with E-state index in [4.69, 9.17) is 31.9 Å². The maximum Gasteiger partial charge on any atom is 0.591 e. The summed E-state index contributed by atoms with van der Waals surface area (Å²) in [5.74, 6) is 0.0809. The fraction of sp³-hybridized carbons (Fsp3) is 0.583. The van der Waals surface area contributed by atoms with E-state index in [0.29, 0.717) is 24.0 Å². The van der Waals surface area contributed by atoms with Gasteiger partial charge in [-0.1, -0.05) is 0 Å². The zero-order chi connectivity index (χ0) is 25.0. The molecule has 0 aromatic carbocycles. The third kappa shape index (κ3) is 8.69. The summed E-state index contributed by atoms with van der Waals surface area (Å²) in [6, 6.07) is 0. The van der Waals surface area contributed by atoms with Crippen LogP contribution in [0.4, 0.5) is 5.82 Å². The van der Waals surface area contributed by atoms with Crippen LogP contribution in [0.3, 0.4) is 0 Å². The topological polar surface area (TPSA) is 251 Å². The summed E-state index contributed by atoms with van der Waals surface area (Å²) in [5.41, 5.74) is 6.37. The Morgan fingerprint density at radius 3 is 2.48 bits per heavy atom. The first-order valence-corrected chi connectivity index (χ1v) is 13.6. The predicted molar refractivity (Wildman–Crippen MR) is 112 cm³/mol. The number of imidazole rings is 1. The monoisotopic (exact) mass is 556 g/mol. The molecule has 0 bridgehead atoms. The largest absolute Gasteiger partial charge is 0.591 e. The van der Waals surface area contributed by atoms with Gasteiger partial charge in [-0.3, -0.25) is 9.09 Å². The van der Waals surface area contributed by atoms with E-state index in [1.54, 1.807) is 18.8 Å². The van der Waals surface area contributed by atoms with Crippen LogP contribution < -0.4 is 5.73 Å². The van der Waals surface area contributed by atoms with Crippen LogP contribution in [0.2, 0.25) is 5.28 Å². The molecule has 1 aliphatic heterocycles. The number of phosphoric acid groups is 2. The van der Waals surface area contributed by atoms with Crippen molar-refractivity contribution in [1.29, 1.82) is 0 Å². The zero-order valence-corrected chi connectivity index (χ0v) is 20.5. The van der Waals surface area contributed by atoms with E-state index in [1.807, 2.05) is 0 Å². The van der Waals surface area contributed by atoms with Crippen LogP contribution in [0.25, 0.3) is 11.2 Å². The average molecular weight is 557 g/mol. The molecule has 1 fully saturated rings. The number of nitrogen functional groups attached to an aromatic ring is 1. The van der Waals surface area contributed by atoms with Crippen molar-refractivity contribution < 1.29 is 56.2 Å². The minimum absolute atomic E-state index is 0.0809. The minimum atomic E-state index is -5.40. The molecule has 1 aliphatic rings. The Kier molecular flexibility index (Phi) is 9.67. The second kappa shape index (κ2) is 11.2. The fourth-order valence-corrected chi connectivity index (χ4v) is 5.91. The zero-order valence-electron chi connectivity index (χ0n) is 17.0. The number of halogens is 1. The molecule has 3 unspecified atom stereocenters. The summed E-state index contributed by atoms with van der Waals surface area (Å²) in [7, 11) is -12.6. The Labute approximate surface area is 191 Å². The van der Waals surface area contributed by atoms with Crippen LogP contribution in [-0.4, -0.2) is 70.9 Å². The van der Waals surface area contributed by atoms with Crippen LogP contribution in [0, 0.1) is 0 Å². The molecule has 0 amide bonds. The number of ether oxygens (including phenoxy) is 2. The Hall–Kier alpha value is -0.870. The van der Waals surface area contributed by atoms with Gasteiger partial charge in [0, 0.05) is 14.2 Å². The van der Waals surface area contributed by atoms with Crippen LogP contribution >= 0.6 is 35.4 Å². The van der Waals surface area contributed by atoms with Crippen molar-refractivity contribution in [1.82, 2.24) is 19.5 Å². The highest BCUT2D eigenvalue weighted by Gasteiger charge is 2.55. The first kappa shape index (κ1) is 28.4. The highest BCUT2D eigenvalue weighted by atomic mass is 35.5. The first-order valence-electron chi connectivity index (χ1n) is 8.67. The van der Waals surface area contributed by atoms with Crippen molar-refractivity contribution in [3.8, 4) is 0 Å². The summed E-state index contributed by atoms with van der Waals surface area (Å²) < 4.78 is 46.0. The van der Waals surface area contributed by atoms with Gasteiger partial charge in [0.25, 0.3) is 0 Å². The molecule has 0 aliphatic carbocycles. The van der Waals surface area contributed by atoms with Crippen LogP contribution in [-0.2, 0) is 31.7 Å². The van der Waals surface area contributed by atoms with E-state index >= 15 is 0 Å². The first-order chi connectivity index (χ1) is 15.2. The molecule has 33 heavy (non-hydrogen) atoms. The molecule has 3 rings (SSSR count). The molecular formula is C12H22ClN5O12P3+. The number of rotatable bonds is 8. The van der Waals surface area contributed by atoms with E-state index in [-0.39, 0.29) is 11.1 Å². The number of phosphoric ester groups is 1. The number of hydrogen-bond acceptors (Lipinski definition) is 13. The quantitative estimate of drug-likeness (QED) is 0.195. The van der Waals surface area contributed by atoms with Gasteiger partial charge in [0.15, 0.2) is 11.5 Å². The smallest absolute Gasteiger partial charge is 0.388 e. The Balaban J connectivity index is 0.00000122. The van der Waals surface area contributed by atoms with Gasteiger partial charge in [0.05, 0.1) is 19.0 Å². The van der Waals surface area contributed by atoms with Gasteiger partial charge in [-0.2, -0.15) is 19.8 Å². The highest BCUT2D eigenvalue weighted by Crippen LogP contribution is 2.71. The Morgan fingerprint density at radius 2 is 1.88 bits per heavy atom. The molecule has 188 valence electrons. The molecular weight excluding hydrogens is 535 g/mol. The normalized spacial score (nSPS) is 21.0. The summed E-state index contributed by atoms with van der Waals surface area (Å²) in [4.78, 5) is 57.0. The van der Waals surface area contributed by atoms with Crippen LogP contribution in [0.1, 0.15) is 19.1 Å². The minimum Gasteiger partial charge on any atom is -0.388 e. The third-order valence-electron chi connectivity index (χ3n) is 3.66. The maximum atomic E-state index is 11.8. The molecule has 1 saturated heterocycles. The van der Waals surface area contributed by atoms with Gasteiger partial charge in [0.2, 0.25) is 5.28 Å². The fourth-order valence-electron chi connectivity index (χ4n) is 2.62. The van der Waals surface area contributed by atoms with Crippen LogP contribution in [0.5, 0.6) is 0 Å². The number of hydrogen-bond donors (Lipinski definition) is 6. The second-order valence-corrected chi connectivity index (χ2v) is 11.1. The molecule has 0 radical (unpaired) electrons. The van der Waals surface area contributed by atoms with E-state index in [0.717, 1.165) is 0 Å². The van der Waals surface area contributed by atoms with Crippen molar-refractivity contribution in [3.63, 3.8) is 0 Å². The summed E-state index contributed by atoms with van der Waals surface area (Å²) in [6.45, 7) is -0.523. The van der Waals surface area contributed by atoms with Gasteiger partial charge >= 0.3 is 23.8 Å². The third-order valence-corrected chi connectivity index (χ3v) is 7.68. The number of anilines is 1. The summed E-state index contributed by atoms with van der Waals surface area (Å²) in [6.07, 6.45) is 0.883. The van der Waals surface area contributed by atoms with E-state index < -0.39 is 42.8 Å². The molecule has 2 aromatic heterocycles. The Morgan fingerprint density at radius 1 is 1.24 bits per heavy atom. The van der Waals surface area contributed by atoms with Gasteiger partial charge in [-0.25, -0.2) is 14.1 Å². The lowest BCUT2D eigenvalue weighted by molar-refractivity contribution is -0.0207. The lowest BCUT2D eigenvalue weighted by atomic mass is 10.2. The Bertz CT molecular complexity index is 1050. The number of aromatic nitrogens is 4. The van der Waals surface area contributed by atoms with Crippen LogP contribution in [0.15, 0.2) is 6.33 Å². The van der Waals surface area contributed by atoms with Crippen molar-refractivity contribution >= 4 is 52.4 Å². The van der Waals surface area contributed by atoms with E-state index in [2.05, 4.69) is 32.8 Å². The molecule has 3 atom stereocenters. The standard InChI is InChI=1S/C10H15ClN5O11P3.C2H6O/c11-10-14-8(12)7-9(15-10)16(4-13-7)6-2-1-5(25-6)3-24-29(20,21)27-30(22,23)26-28(17,18)19;1-3-2/h4-6,22-23H,1-3H2,(H4-,12,14,15,17,18,19,20,21);1-2H3/p+1. The predicted octanol–water partition coefficient (Wildman–Crippen LogP) is 0.907. The molecule has 7 N–H and O–H groups in total. The van der Waals surface area contributed by atoms with E-state index in [1.165, 1.54) is 6.33 Å². The number of fused-ring (bicyclic) bond motifs is 1. The van der Waals surface area contributed by atoms with Gasteiger partial charge in [0.1, 0.15) is 11.7 Å². The summed E-state index contributed by atoms with van der Waals surface area (Å²) >= 11 is 5.81. The SMILES string of the molecule is COC.Nc1nc(Cl)nc2c1ncn2C1CCC(COP(=O)(O)O[P+](O)(O)OP(=O)(O)O)O1. The molecule has 0 saturated carbocycles. The average Bonchev–Trinajstić information content (AvgIpc) is 3.24. The number of methoxy groups -OCH3 is 1. The lowest BCUT2D eigenvalue weighted by Crippen LogP contribution is -2.16. The number of nitrogens with two attached hydrogens (primary N) is 1. The van der Waals surface area contributed by atoms with Gasteiger partial charge in [-0.15, -0.1) is 0 Å². The maximum absolute atomic E-state index is 11.8. The molecule has 2 aromatic rings. The van der Waals surface area contributed by atoms with E-state index in [9.17, 15) is 23.8 Å². The molecule has 0 spiro atoms. The van der Waals surface area contributed by atoms with Crippen molar-refractivity contribution in [2.24, 2.45) is 0 Å². The molecule has 21 heteroatoms. The molecule has 17 nitrogen and oxygen atoms in total. The van der Waals surface area contributed by atoms with Crippen molar-refractivity contribution in [2.45, 2.75) is 25.2 Å². The summed E-state index contributed by atoms with van der Waals surface area (Å²) in [5, 5.41) is -0.0876. The lowest BCUT2D eigenvalue weighted by Gasteiger charge is -2.17. The van der Waals surface area contributed by atoms with Crippen molar-refractivity contribution in [3.05, 3.63) is 11.6 Å². The highest BCUT2D eigenvalue weighted by molar-refractivity contribution is 7.70. The molecule has 3 heterocycles. The van der Waals surface area contributed by atoms with Crippen molar-refractivity contribution in [2.75, 3.05) is 26.6 Å². The second-order valence-electron chi connectivity index (χ2n) is 6.31.